The summed E-state index contributed by atoms with van der Waals surface area (Å²) in [5.41, 5.74) is 1.33. The second-order valence-electron chi connectivity index (χ2n) is 11.5. The van der Waals surface area contributed by atoms with E-state index >= 15 is 8.78 Å². The van der Waals surface area contributed by atoms with E-state index in [4.69, 9.17) is 35.1 Å². The highest BCUT2D eigenvalue weighted by Crippen LogP contribution is 2.29. The fraction of sp³-hybridized carbons (Fsp3) is 0.243. The lowest BCUT2D eigenvalue weighted by Gasteiger charge is -2.10. The van der Waals surface area contributed by atoms with E-state index in [1.165, 1.54) is 37.1 Å². The summed E-state index contributed by atoms with van der Waals surface area (Å²) in [4.78, 5) is 4.28. The number of aromatic nitrogens is 5. The summed E-state index contributed by atoms with van der Waals surface area (Å²) in [6.45, 7) is 2.14. The molecule has 0 N–H and O–H groups in total. The first-order chi connectivity index (χ1) is 24.8. The van der Waals surface area contributed by atoms with Crippen molar-refractivity contribution in [3.8, 4) is 40.4 Å². The van der Waals surface area contributed by atoms with E-state index in [0.717, 1.165) is 36.7 Å². The van der Waals surface area contributed by atoms with E-state index < -0.39 is 17.5 Å². The third-order valence-electron chi connectivity index (χ3n) is 7.92. The van der Waals surface area contributed by atoms with Crippen LogP contribution in [0.2, 0.25) is 5.02 Å². The Morgan fingerprint density at radius 3 is 2.29 bits per heavy atom. The average Bonchev–Trinajstić information content (AvgIpc) is 3.94. The first-order valence-electron chi connectivity index (χ1n) is 16.0. The van der Waals surface area contributed by atoms with Crippen LogP contribution in [0.3, 0.4) is 0 Å². The minimum Gasteiger partial charge on any atom is -0.497 e. The maximum Gasteiger partial charge on any atom is 0.255 e. The first kappa shape index (κ1) is 35.4. The van der Waals surface area contributed by atoms with Crippen molar-refractivity contribution in [2.75, 3.05) is 20.3 Å². The normalized spacial score (nSPS) is 12.4. The Hall–Kier alpha value is -5.40. The quantitative estimate of drug-likeness (QED) is 0.131. The van der Waals surface area contributed by atoms with Crippen LogP contribution in [0.1, 0.15) is 35.4 Å². The van der Waals surface area contributed by atoms with E-state index in [1.807, 2.05) is 24.3 Å². The van der Waals surface area contributed by atoms with Crippen molar-refractivity contribution in [2.24, 2.45) is 7.05 Å². The Morgan fingerprint density at radius 1 is 0.804 bits per heavy atom. The van der Waals surface area contributed by atoms with Gasteiger partial charge in [0.15, 0.2) is 0 Å². The standard InChI is InChI=1S/C33H25ClF3N5O4.C4H8O/c1-42-30(39-40-33(42)29-16-32(41-46-29)44-17-19-6-10-23(43-2)11-7-19)13-21-12-27(37)24(15-26(21)36)28-4-3-5-31(38-28)45-18-20-8-9-22(34)14-25(20)35;1-2-4-5-3-1/h3-12,14-16H,13,17-18H2,1-2H3;1-4H2. The van der Waals surface area contributed by atoms with Crippen LogP contribution in [0.4, 0.5) is 13.2 Å². The zero-order valence-electron chi connectivity index (χ0n) is 27.7. The first-order valence-corrected chi connectivity index (χ1v) is 16.4. The summed E-state index contributed by atoms with van der Waals surface area (Å²) in [7, 11) is 3.27. The van der Waals surface area contributed by atoms with Gasteiger partial charge in [-0.15, -0.1) is 10.2 Å². The summed E-state index contributed by atoms with van der Waals surface area (Å²) in [5, 5.41) is 12.5. The largest absolute Gasteiger partial charge is 0.497 e. The number of pyridine rings is 1. The number of hydrogen-bond donors (Lipinski definition) is 0. The molecule has 0 amide bonds. The number of nitrogens with zero attached hydrogens (tertiary/aromatic N) is 5. The summed E-state index contributed by atoms with van der Waals surface area (Å²) in [5.74, 6) is 0.209. The second-order valence-corrected chi connectivity index (χ2v) is 11.9. The van der Waals surface area contributed by atoms with Crippen LogP contribution >= 0.6 is 11.6 Å². The molecule has 3 aromatic carbocycles. The Bertz CT molecular complexity index is 2080. The molecular weight excluding hydrogens is 687 g/mol. The molecule has 51 heavy (non-hydrogen) atoms. The molecule has 4 heterocycles. The van der Waals surface area contributed by atoms with Crippen molar-refractivity contribution < 1.29 is 36.6 Å². The molecule has 1 aliphatic rings. The Morgan fingerprint density at radius 2 is 1.57 bits per heavy atom. The van der Waals surface area contributed by atoms with Crippen LogP contribution in [0.25, 0.3) is 22.8 Å². The number of hydrogen-bond acceptors (Lipinski definition) is 9. The van der Waals surface area contributed by atoms with E-state index in [9.17, 15) is 4.39 Å². The van der Waals surface area contributed by atoms with Gasteiger partial charge in [-0.25, -0.2) is 18.2 Å². The maximum atomic E-state index is 15.3. The molecule has 1 saturated heterocycles. The molecule has 0 aliphatic carbocycles. The van der Waals surface area contributed by atoms with Crippen LogP contribution < -0.4 is 14.2 Å². The molecule has 14 heteroatoms. The molecule has 1 fully saturated rings. The summed E-state index contributed by atoms with van der Waals surface area (Å²) < 4.78 is 73.1. The Kier molecular flexibility index (Phi) is 11.5. The van der Waals surface area contributed by atoms with Crippen LogP contribution in [0.15, 0.2) is 83.4 Å². The van der Waals surface area contributed by atoms with Crippen LogP contribution in [-0.2, 0) is 31.4 Å². The minimum absolute atomic E-state index is 0.0509. The van der Waals surface area contributed by atoms with Crippen molar-refractivity contribution in [2.45, 2.75) is 32.5 Å². The Labute approximate surface area is 296 Å². The highest BCUT2D eigenvalue weighted by molar-refractivity contribution is 6.30. The van der Waals surface area contributed by atoms with Gasteiger partial charge in [0.1, 0.15) is 42.2 Å². The number of rotatable bonds is 11. The zero-order chi connectivity index (χ0) is 35.7. The molecule has 10 nitrogen and oxygen atoms in total. The lowest BCUT2D eigenvalue weighted by atomic mass is 10.0. The molecule has 7 rings (SSSR count). The van der Waals surface area contributed by atoms with Crippen molar-refractivity contribution >= 4 is 11.6 Å². The van der Waals surface area contributed by atoms with E-state index in [-0.39, 0.29) is 58.8 Å². The molecular formula is C37H33ClF3N5O5. The van der Waals surface area contributed by atoms with Crippen LogP contribution in [-0.4, -0.2) is 45.2 Å². The predicted octanol–water partition coefficient (Wildman–Crippen LogP) is 8.16. The summed E-state index contributed by atoms with van der Waals surface area (Å²) >= 11 is 5.79. The van der Waals surface area contributed by atoms with Gasteiger partial charge in [0, 0.05) is 48.9 Å². The van der Waals surface area contributed by atoms with E-state index in [1.54, 1.807) is 36.9 Å². The molecule has 0 saturated carbocycles. The minimum atomic E-state index is -0.693. The highest BCUT2D eigenvalue weighted by atomic mass is 35.5. The zero-order valence-corrected chi connectivity index (χ0v) is 28.5. The van der Waals surface area contributed by atoms with Crippen LogP contribution in [0, 0.1) is 17.5 Å². The van der Waals surface area contributed by atoms with Gasteiger partial charge in [0.05, 0.1) is 18.9 Å². The second kappa shape index (κ2) is 16.5. The van der Waals surface area contributed by atoms with Crippen molar-refractivity contribution in [3.63, 3.8) is 0 Å². The molecule has 0 spiro atoms. The number of halogens is 4. The van der Waals surface area contributed by atoms with E-state index in [0.29, 0.717) is 17.4 Å². The lowest BCUT2D eigenvalue weighted by molar-refractivity contribution is 0.198. The monoisotopic (exact) mass is 719 g/mol. The topological polar surface area (TPSA) is 107 Å². The average molecular weight is 720 g/mol. The number of methoxy groups -OCH3 is 1. The van der Waals surface area contributed by atoms with Gasteiger partial charge in [-0.05, 0) is 71.6 Å². The molecule has 264 valence electrons. The Balaban J connectivity index is 0.000000825. The molecule has 0 atom stereocenters. The number of benzene rings is 3. The van der Waals surface area contributed by atoms with Gasteiger partial charge in [-0.1, -0.05) is 35.9 Å². The lowest BCUT2D eigenvalue weighted by Crippen LogP contribution is -2.04. The molecule has 0 radical (unpaired) electrons. The van der Waals surface area contributed by atoms with Crippen LogP contribution in [0.5, 0.6) is 17.5 Å². The fourth-order valence-electron chi connectivity index (χ4n) is 5.08. The molecule has 1 aliphatic heterocycles. The molecule has 3 aromatic heterocycles. The third-order valence-corrected chi connectivity index (χ3v) is 8.16. The number of ether oxygens (including phenoxy) is 4. The van der Waals surface area contributed by atoms with Crippen molar-refractivity contribution in [3.05, 3.63) is 124 Å². The SMILES string of the molecule is C1CCOC1.COc1ccc(COc2cc(-c3nnc(Cc4cc(F)c(-c5cccc(OCc6ccc(Cl)cc6F)n5)cc4F)n3C)on2)cc1. The van der Waals surface area contributed by atoms with Crippen molar-refractivity contribution in [1.82, 2.24) is 24.9 Å². The van der Waals surface area contributed by atoms with Gasteiger partial charge in [0.2, 0.25) is 17.5 Å². The third kappa shape index (κ3) is 9.04. The fourth-order valence-corrected chi connectivity index (χ4v) is 5.24. The summed E-state index contributed by atoms with van der Waals surface area (Å²) in [6, 6.07) is 20.0. The molecule has 0 unspecified atom stereocenters. The van der Waals surface area contributed by atoms with Gasteiger partial charge in [-0.3, -0.25) is 0 Å². The highest BCUT2D eigenvalue weighted by Gasteiger charge is 2.20. The van der Waals surface area contributed by atoms with Gasteiger partial charge in [-0.2, -0.15) is 0 Å². The van der Waals surface area contributed by atoms with E-state index in [2.05, 4.69) is 20.3 Å². The smallest absolute Gasteiger partial charge is 0.255 e. The van der Waals surface area contributed by atoms with Gasteiger partial charge in [0.25, 0.3) is 5.88 Å². The van der Waals surface area contributed by atoms with Gasteiger partial charge >= 0.3 is 0 Å². The summed E-state index contributed by atoms with van der Waals surface area (Å²) in [6.07, 6.45) is 2.50. The van der Waals surface area contributed by atoms with Crippen molar-refractivity contribution in [1.29, 1.82) is 0 Å². The maximum absolute atomic E-state index is 15.3. The predicted molar refractivity (Wildman–Crippen MR) is 182 cm³/mol. The molecule has 0 bridgehead atoms. The van der Waals surface area contributed by atoms with Gasteiger partial charge < -0.3 is 28.0 Å². The molecule has 6 aromatic rings.